The van der Waals surface area contributed by atoms with Crippen molar-refractivity contribution in [1.82, 2.24) is 5.32 Å². The van der Waals surface area contributed by atoms with Crippen molar-refractivity contribution in [2.24, 2.45) is 23.2 Å². The molecule has 2 N–H and O–H groups in total. The molecule has 1 aliphatic carbocycles. The first-order chi connectivity index (χ1) is 8.84. The van der Waals surface area contributed by atoms with E-state index in [2.05, 4.69) is 33.0 Å². The normalized spacial score (nSPS) is 28.2. The Bertz CT molecular complexity index is 278. The van der Waals surface area contributed by atoms with E-state index in [0.29, 0.717) is 11.8 Å². The maximum Gasteiger partial charge on any atom is 0.223 e. The molecule has 0 aromatic carbocycles. The molecular weight excluding hydrogens is 238 g/mol. The van der Waals surface area contributed by atoms with Gasteiger partial charge in [-0.15, -0.1) is 0 Å². The van der Waals surface area contributed by atoms with Crippen LogP contribution in [0.1, 0.15) is 59.8 Å². The van der Waals surface area contributed by atoms with Crippen LogP contribution in [0.2, 0.25) is 0 Å². The zero-order valence-electron chi connectivity index (χ0n) is 13.0. The van der Waals surface area contributed by atoms with Crippen molar-refractivity contribution in [3.63, 3.8) is 0 Å². The lowest BCUT2D eigenvalue weighted by atomic mass is 9.76. The number of carbonyl (C=O) groups is 1. The van der Waals surface area contributed by atoms with E-state index in [1.54, 1.807) is 0 Å². The quantitative estimate of drug-likeness (QED) is 0.728. The smallest absolute Gasteiger partial charge is 0.223 e. The molecule has 0 aromatic rings. The first kappa shape index (κ1) is 16.5. The van der Waals surface area contributed by atoms with Gasteiger partial charge < -0.3 is 10.4 Å². The summed E-state index contributed by atoms with van der Waals surface area (Å²) in [7, 11) is 0. The summed E-state index contributed by atoms with van der Waals surface area (Å²) in [5.74, 6) is 1.80. The second kappa shape index (κ2) is 7.28. The lowest BCUT2D eigenvalue weighted by Gasteiger charge is -2.30. The first-order valence-electron chi connectivity index (χ1n) is 7.72. The first-order valence-corrected chi connectivity index (χ1v) is 7.72. The number of carbonyl (C=O) groups excluding carboxylic acids is 1. The van der Waals surface area contributed by atoms with Gasteiger partial charge in [0.05, 0.1) is 0 Å². The minimum Gasteiger partial charge on any atom is -0.396 e. The van der Waals surface area contributed by atoms with E-state index in [0.717, 1.165) is 32.2 Å². The second-order valence-corrected chi connectivity index (χ2v) is 7.33. The zero-order valence-corrected chi connectivity index (χ0v) is 13.0. The number of aliphatic hydroxyl groups excluding tert-OH is 1. The molecule has 3 heteroatoms. The van der Waals surface area contributed by atoms with Gasteiger partial charge in [-0.25, -0.2) is 0 Å². The van der Waals surface area contributed by atoms with E-state index in [-0.39, 0.29) is 23.8 Å². The monoisotopic (exact) mass is 269 g/mol. The van der Waals surface area contributed by atoms with Crippen LogP contribution in [0.15, 0.2) is 0 Å². The van der Waals surface area contributed by atoms with Crippen molar-refractivity contribution in [1.29, 1.82) is 0 Å². The van der Waals surface area contributed by atoms with Crippen LogP contribution in [0.25, 0.3) is 0 Å². The SMILES string of the molecule is CC1CC(C)CC(C(=O)NCCCC(C)(C)CO)C1. The lowest BCUT2D eigenvalue weighted by Crippen LogP contribution is -2.36. The molecule has 0 saturated heterocycles. The van der Waals surface area contributed by atoms with Crippen molar-refractivity contribution in [3.05, 3.63) is 0 Å². The number of hydrogen-bond donors (Lipinski definition) is 2. The van der Waals surface area contributed by atoms with Crippen molar-refractivity contribution in [2.45, 2.75) is 59.8 Å². The Hall–Kier alpha value is -0.570. The lowest BCUT2D eigenvalue weighted by molar-refractivity contribution is -0.127. The zero-order chi connectivity index (χ0) is 14.5. The summed E-state index contributed by atoms with van der Waals surface area (Å²) >= 11 is 0. The molecule has 1 saturated carbocycles. The molecule has 3 nitrogen and oxygen atoms in total. The van der Waals surface area contributed by atoms with Gasteiger partial charge in [-0.3, -0.25) is 4.79 Å². The van der Waals surface area contributed by atoms with Gasteiger partial charge >= 0.3 is 0 Å². The number of aliphatic hydroxyl groups is 1. The third-order valence-electron chi connectivity index (χ3n) is 4.31. The third kappa shape index (κ3) is 5.94. The maximum absolute atomic E-state index is 12.1. The molecule has 0 heterocycles. The van der Waals surface area contributed by atoms with Crippen LogP contribution in [0.4, 0.5) is 0 Å². The van der Waals surface area contributed by atoms with Crippen LogP contribution in [-0.2, 0) is 4.79 Å². The molecule has 0 radical (unpaired) electrons. The van der Waals surface area contributed by atoms with E-state index in [9.17, 15) is 9.90 Å². The number of amides is 1. The van der Waals surface area contributed by atoms with E-state index in [1.165, 1.54) is 6.42 Å². The highest BCUT2D eigenvalue weighted by atomic mass is 16.3. The summed E-state index contributed by atoms with van der Waals surface area (Å²) in [6, 6.07) is 0. The Balaban J connectivity index is 2.24. The van der Waals surface area contributed by atoms with Gasteiger partial charge in [-0.2, -0.15) is 0 Å². The standard InChI is InChI=1S/C16H31NO2/c1-12-8-13(2)10-14(9-12)15(19)17-7-5-6-16(3,4)11-18/h12-14,18H,5-11H2,1-4H3,(H,17,19). The Kier molecular flexibility index (Phi) is 6.31. The van der Waals surface area contributed by atoms with Gasteiger partial charge in [0.25, 0.3) is 0 Å². The fourth-order valence-electron chi connectivity index (χ4n) is 3.16. The predicted octanol–water partition coefficient (Wildman–Crippen LogP) is 2.97. The van der Waals surface area contributed by atoms with Gasteiger partial charge in [-0.1, -0.05) is 27.7 Å². The van der Waals surface area contributed by atoms with Crippen molar-refractivity contribution < 1.29 is 9.90 Å². The molecule has 0 spiro atoms. The van der Waals surface area contributed by atoms with Gasteiger partial charge in [-0.05, 0) is 49.4 Å². The average molecular weight is 269 g/mol. The van der Waals surface area contributed by atoms with Crippen LogP contribution >= 0.6 is 0 Å². The molecular formula is C16H31NO2. The maximum atomic E-state index is 12.1. The Labute approximate surface area is 118 Å². The summed E-state index contributed by atoms with van der Waals surface area (Å²) in [5, 5.41) is 12.2. The van der Waals surface area contributed by atoms with Gasteiger partial charge in [0, 0.05) is 19.1 Å². The van der Waals surface area contributed by atoms with E-state index in [4.69, 9.17) is 0 Å². The minimum absolute atomic E-state index is 0.0292. The molecule has 1 fully saturated rings. The van der Waals surface area contributed by atoms with Gasteiger partial charge in [0.2, 0.25) is 5.91 Å². The summed E-state index contributed by atoms with van der Waals surface area (Å²) in [5.41, 5.74) is -0.0292. The summed E-state index contributed by atoms with van der Waals surface area (Å²) in [4.78, 5) is 12.1. The van der Waals surface area contributed by atoms with Crippen LogP contribution in [0.5, 0.6) is 0 Å². The highest BCUT2D eigenvalue weighted by Gasteiger charge is 2.28. The molecule has 1 aliphatic rings. The highest BCUT2D eigenvalue weighted by Crippen LogP contribution is 2.32. The highest BCUT2D eigenvalue weighted by molar-refractivity contribution is 5.78. The van der Waals surface area contributed by atoms with E-state index in [1.807, 2.05) is 0 Å². The van der Waals surface area contributed by atoms with Gasteiger partial charge in [0.1, 0.15) is 0 Å². The van der Waals surface area contributed by atoms with E-state index < -0.39 is 0 Å². The molecule has 2 atom stereocenters. The van der Waals surface area contributed by atoms with E-state index >= 15 is 0 Å². The molecule has 0 aliphatic heterocycles. The fraction of sp³-hybridized carbons (Fsp3) is 0.938. The average Bonchev–Trinajstić information content (AvgIpc) is 2.33. The van der Waals surface area contributed by atoms with Crippen LogP contribution in [0, 0.1) is 23.2 Å². The third-order valence-corrected chi connectivity index (χ3v) is 4.31. The summed E-state index contributed by atoms with van der Waals surface area (Å²) < 4.78 is 0. The van der Waals surface area contributed by atoms with Crippen LogP contribution in [-0.4, -0.2) is 24.2 Å². The van der Waals surface area contributed by atoms with Crippen molar-refractivity contribution >= 4 is 5.91 Å². The Morgan fingerprint density at radius 3 is 2.32 bits per heavy atom. The largest absolute Gasteiger partial charge is 0.396 e. The molecule has 19 heavy (non-hydrogen) atoms. The van der Waals surface area contributed by atoms with Crippen molar-refractivity contribution in [2.75, 3.05) is 13.2 Å². The number of rotatable bonds is 6. The molecule has 0 aromatic heterocycles. The van der Waals surface area contributed by atoms with Gasteiger partial charge in [0.15, 0.2) is 0 Å². The summed E-state index contributed by atoms with van der Waals surface area (Å²) in [6.45, 7) is 9.55. The predicted molar refractivity (Wildman–Crippen MR) is 78.8 cm³/mol. The molecule has 112 valence electrons. The summed E-state index contributed by atoms with van der Waals surface area (Å²) in [6.07, 6.45) is 5.23. The second-order valence-electron chi connectivity index (χ2n) is 7.33. The number of nitrogens with one attached hydrogen (secondary N) is 1. The fourth-order valence-corrected chi connectivity index (χ4v) is 3.16. The Morgan fingerprint density at radius 2 is 1.79 bits per heavy atom. The minimum atomic E-state index is -0.0292. The molecule has 1 rings (SSSR count). The Morgan fingerprint density at radius 1 is 1.21 bits per heavy atom. The molecule has 0 bridgehead atoms. The molecule has 1 amide bonds. The van der Waals surface area contributed by atoms with Crippen LogP contribution in [0.3, 0.4) is 0 Å². The number of hydrogen-bond acceptors (Lipinski definition) is 2. The van der Waals surface area contributed by atoms with Crippen LogP contribution < -0.4 is 5.32 Å². The van der Waals surface area contributed by atoms with Crippen molar-refractivity contribution in [3.8, 4) is 0 Å². The topological polar surface area (TPSA) is 49.3 Å². The molecule has 2 unspecified atom stereocenters.